The highest BCUT2D eigenvalue weighted by molar-refractivity contribution is 6.30. The number of nitrogens with one attached hydrogen (secondary N) is 1. The zero-order chi connectivity index (χ0) is 15.8. The van der Waals surface area contributed by atoms with E-state index in [2.05, 4.69) is 5.32 Å². The lowest BCUT2D eigenvalue weighted by atomic mass is 10.0. The molecule has 0 aromatic heterocycles. The van der Waals surface area contributed by atoms with Crippen LogP contribution in [0.2, 0.25) is 5.02 Å². The Morgan fingerprint density at radius 1 is 1.43 bits per heavy atom. The van der Waals surface area contributed by atoms with Gasteiger partial charge >= 0.3 is 12.0 Å². The Morgan fingerprint density at radius 2 is 2.14 bits per heavy atom. The summed E-state index contributed by atoms with van der Waals surface area (Å²) in [7, 11) is 1.69. The Bertz CT molecular complexity index is 494. The van der Waals surface area contributed by atoms with E-state index in [0.717, 1.165) is 5.56 Å². The molecule has 21 heavy (non-hydrogen) atoms. The van der Waals surface area contributed by atoms with E-state index in [1.165, 1.54) is 0 Å². The fourth-order valence-corrected chi connectivity index (χ4v) is 2.17. The predicted octanol–water partition coefficient (Wildman–Crippen LogP) is 2.98. The minimum Gasteiger partial charge on any atom is -0.481 e. The first kappa shape index (κ1) is 17.3. The van der Waals surface area contributed by atoms with E-state index in [4.69, 9.17) is 16.7 Å². The second kappa shape index (κ2) is 8.52. The first-order valence-corrected chi connectivity index (χ1v) is 7.25. The zero-order valence-electron chi connectivity index (χ0n) is 12.3. The largest absolute Gasteiger partial charge is 0.481 e. The summed E-state index contributed by atoms with van der Waals surface area (Å²) in [6.45, 7) is 2.72. The molecular weight excluding hydrogens is 292 g/mol. The van der Waals surface area contributed by atoms with Gasteiger partial charge in [-0.05, 0) is 23.6 Å². The van der Waals surface area contributed by atoms with E-state index in [1.807, 2.05) is 25.1 Å². The highest BCUT2D eigenvalue weighted by Gasteiger charge is 2.14. The molecule has 0 fully saturated rings. The van der Waals surface area contributed by atoms with Crippen LogP contribution in [0.3, 0.4) is 0 Å². The first-order valence-electron chi connectivity index (χ1n) is 6.87. The van der Waals surface area contributed by atoms with Gasteiger partial charge in [0, 0.05) is 31.6 Å². The van der Waals surface area contributed by atoms with Crippen LogP contribution >= 0.6 is 11.6 Å². The molecular formula is C15H21ClN2O3. The summed E-state index contributed by atoms with van der Waals surface area (Å²) in [5.74, 6) is -0.894. The fourth-order valence-electron chi connectivity index (χ4n) is 1.96. The Balaban J connectivity index is 2.45. The summed E-state index contributed by atoms with van der Waals surface area (Å²) in [4.78, 5) is 24.2. The minimum absolute atomic E-state index is 0.0500. The van der Waals surface area contributed by atoms with Gasteiger partial charge in [0.1, 0.15) is 0 Å². The molecule has 116 valence electrons. The van der Waals surface area contributed by atoms with Crippen LogP contribution in [-0.2, 0) is 11.3 Å². The van der Waals surface area contributed by atoms with E-state index < -0.39 is 5.97 Å². The fraction of sp³-hybridized carbons (Fsp3) is 0.467. The van der Waals surface area contributed by atoms with Crippen molar-refractivity contribution in [1.82, 2.24) is 10.2 Å². The summed E-state index contributed by atoms with van der Waals surface area (Å²) < 4.78 is 0. The average Bonchev–Trinajstić information content (AvgIpc) is 2.42. The van der Waals surface area contributed by atoms with Crippen molar-refractivity contribution >= 4 is 23.6 Å². The lowest BCUT2D eigenvalue weighted by Crippen LogP contribution is -2.39. The number of hydrogen-bond donors (Lipinski definition) is 2. The summed E-state index contributed by atoms with van der Waals surface area (Å²) >= 11 is 5.90. The number of urea groups is 1. The van der Waals surface area contributed by atoms with Gasteiger partial charge in [0.2, 0.25) is 0 Å². The molecule has 0 aliphatic heterocycles. The lowest BCUT2D eigenvalue weighted by Gasteiger charge is -2.20. The molecule has 0 aliphatic rings. The smallest absolute Gasteiger partial charge is 0.317 e. The maximum Gasteiger partial charge on any atom is 0.317 e. The molecule has 0 heterocycles. The molecule has 1 rings (SSSR count). The Hall–Kier alpha value is -1.75. The number of amides is 2. The van der Waals surface area contributed by atoms with Gasteiger partial charge in [0.05, 0.1) is 0 Å². The molecule has 0 bridgehead atoms. The molecule has 0 saturated carbocycles. The van der Waals surface area contributed by atoms with Crippen LogP contribution in [0, 0.1) is 5.92 Å². The Morgan fingerprint density at radius 3 is 2.71 bits per heavy atom. The van der Waals surface area contributed by atoms with Crippen LogP contribution in [-0.4, -0.2) is 35.6 Å². The van der Waals surface area contributed by atoms with Gasteiger partial charge in [0.25, 0.3) is 0 Å². The molecule has 1 aromatic carbocycles. The molecule has 2 amide bonds. The molecule has 0 saturated heterocycles. The molecule has 1 unspecified atom stereocenters. The van der Waals surface area contributed by atoms with Crippen molar-refractivity contribution in [2.45, 2.75) is 26.3 Å². The van der Waals surface area contributed by atoms with Gasteiger partial charge < -0.3 is 15.3 Å². The van der Waals surface area contributed by atoms with Gasteiger partial charge in [-0.25, -0.2) is 4.79 Å². The van der Waals surface area contributed by atoms with Crippen molar-refractivity contribution in [3.05, 3.63) is 34.9 Å². The SMILES string of the molecule is CCC(CNC(=O)N(C)Cc1cccc(Cl)c1)CC(=O)O. The summed E-state index contributed by atoms with van der Waals surface area (Å²) in [6.07, 6.45) is 0.777. The third-order valence-electron chi connectivity index (χ3n) is 3.24. The van der Waals surface area contributed by atoms with Crippen molar-refractivity contribution in [1.29, 1.82) is 0 Å². The van der Waals surface area contributed by atoms with Crippen LogP contribution < -0.4 is 5.32 Å². The number of carboxylic acids is 1. The van der Waals surface area contributed by atoms with Crippen LogP contribution in [0.15, 0.2) is 24.3 Å². The highest BCUT2D eigenvalue weighted by Crippen LogP contribution is 2.12. The molecule has 0 aliphatic carbocycles. The molecule has 0 spiro atoms. The summed E-state index contributed by atoms with van der Waals surface area (Å²) in [6, 6.07) is 7.10. The van der Waals surface area contributed by atoms with Crippen LogP contribution in [0.25, 0.3) is 0 Å². The topological polar surface area (TPSA) is 69.6 Å². The lowest BCUT2D eigenvalue weighted by molar-refractivity contribution is -0.138. The maximum atomic E-state index is 12.0. The second-order valence-electron chi connectivity index (χ2n) is 5.04. The molecule has 1 atom stereocenters. The third kappa shape index (κ3) is 6.49. The number of carboxylic acid groups (broad SMARTS) is 1. The van der Waals surface area contributed by atoms with Crippen molar-refractivity contribution in [2.75, 3.05) is 13.6 Å². The number of nitrogens with zero attached hydrogens (tertiary/aromatic N) is 1. The molecule has 2 N–H and O–H groups in total. The molecule has 1 aromatic rings. The minimum atomic E-state index is -0.844. The predicted molar refractivity (Wildman–Crippen MR) is 82.4 cm³/mol. The van der Waals surface area contributed by atoms with E-state index in [1.54, 1.807) is 18.0 Å². The van der Waals surface area contributed by atoms with Gasteiger partial charge in [-0.3, -0.25) is 4.79 Å². The number of benzene rings is 1. The molecule has 5 nitrogen and oxygen atoms in total. The number of carbonyl (C=O) groups excluding carboxylic acids is 1. The summed E-state index contributed by atoms with van der Waals surface area (Å²) in [5, 5.41) is 12.2. The van der Waals surface area contributed by atoms with E-state index in [0.29, 0.717) is 24.5 Å². The Kier molecular flexibility index (Phi) is 7.02. The maximum absolute atomic E-state index is 12.0. The second-order valence-corrected chi connectivity index (χ2v) is 5.48. The molecule has 6 heteroatoms. The number of aliphatic carboxylic acids is 1. The number of rotatable bonds is 7. The van der Waals surface area contributed by atoms with E-state index in [-0.39, 0.29) is 18.4 Å². The van der Waals surface area contributed by atoms with Crippen molar-refractivity contribution < 1.29 is 14.7 Å². The van der Waals surface area contributed by atoms with Gasteiger partial charge in [-0.15, -0.1) is 0 Å². The zero-order valence-corrected chi connectivity index (χ0v) is 13.1. The van der Waals surface area contributed by atoms with E-state index >= 15 is 0 Å². The Labute approximate surface area is 129 Å². The normalized spacial score (nSPS) is 11.8. The van der Waals surface area contributed by atoms with Gasteiger partial charge in [-0.1, -0.05) is 37.1 Å². The van der Waals surface area contributed by atoms with Gasteiger partial charge in [0.15, 0.2) is 0 Å². The van der Waals surface area contributed by atoms with Crippen molar-refractivity contribution in [2.24, 2.45) is 5.92 Å². The first-order chi connectivity index (χ1) is 9.92. The van der Waals surface area contributed by atoms with Crippen LogP contribution in [0.1, 0.15) is 25.3 Å². The van der Waals surface area contributed by atoms with Gasteiger partial charge in [-0.2, -0.15) is 0 Å². The number of hydrogen-bond acceptors (Lipinski definition) is 2. The van der Waals surface area contributed by atoms with Crippen LogP contribution in [0.5, 0.6) is 0 Å². The third-order valence-corrected chi connectivity index (χ3v) is 3.47. The quantitative estimate of drug-likeness (QED) is 0.813. The number of carbonyl (C=O) groups is 2. The number of halogens is 1. The summed E-state index contributed by atoms with van der Waals surface area (Å²) in [5.41, 5.74) is 0.942. The van der Waals surface area contributed by atoms with Crippen molar-refractivity contribution in [3.8, 4) is 0 Å². The highest BCUT2D eigenvalue weighted by atomic mass is 35.5. The average molecular weight is 313 g/mol. The van der Waals surface area contributed by atoms with Crippen molar-refractivity contribution in [3.63, 3.8) is 0 Å². The molecule has 0 radical (unpaired) electrons. The monoisotopic (exact) mass is 312 g/mol. The van der Waals surface area contributed by atoms with E-state index in [9.17, 15) is 9.59 Å². The standard InChI is InChI=1S/C15H21ClN2O3/c1-3-11(8-14(19)20)9-17-15(21)18(2)10-12-5-4-6-13(16)7-12/h4-7,11H,3,8-10H2,1-2H3,(H,17,21)(H,19,20). The van der Waals surface area contributed by atoms with Crippen LogP contribution in [0.4, 0.5) is 4.79 Å².